The molecule has 11 nitrogen and oxygen atoms in total. The summed E-state index contributed by atoms with van der Waals surface area (Å²) >= 11 is 0. The molecular weight excluding hydrogens is 567 g/mol. The van der Waals surface area contributed by atoms with Gasteiger partial charge in [-0.15, -0.1) is 10.2 Å². The van der Waals surface area contributed by atoms with Gasteiger partial charge in [-0.1, -0.05) is 18.2 Å². The minimum atomic E-state index is -1.06. The van der Waals surface area contributed by atoms with Crippen LogP contribution in [-0.2, 0) is 22.6 Å². The van der Waals surface area contributed by atoms with Crippen LogP contribution in [0.1, 0.15) is 37.9 Å². The molecule has 0 radical (unpaired) electrons. The number of rotatable bonds is 12. The minimum Gasteiger partial charge on any atom is -0.497 e. The molecule has 0 unspecified atom stereocenters. The van der Waals surface area contributed by atoms with Crippen molar-refractivity contribution in [3.8, 4) is 28.6 Å². The lowest BCUT2D eigenvalue weighted by Gasteiger charge is -2.33. The highest BCUT2D eigenvalue weighted by Gasteiger charge is 2.33. The van der Waals surface area contributed by atoms with E-state index in [1.807, 2.05) is 32.9 Å². The van der Waals surface area contributed by atoms with Gasteiger partial charge >= 0.3 is 0 Å². The number of nitrogens with zero attached hydrogens (tertiary/aromatic N) is 5. The van der Waals surface area contributed by atoms with Gasteiger partial charge < -0.3 is 24.4 Å². The number of tetrazole rings is 1. The van der Waals surface area contributed by atoms with Crippen LogP contribution >= 0.6 is 0 Å². The van der Waals surface area contributed by atoms with Crippen LogP contribution in [0, 0.1) is 5.82 Å². The summed E-state index contributed by atoms with van der Waals surface area (Å²) in [5.74, 6) is 0.839. The zero-order chi connectivity index (χ0) is 31.9. The van der Waals surface area contributed by atoms with Crippen LogP contribution in [0.25, 0.3) is 11.4 Å². The van der Waals surface area contributed by atoms with E-state index in [1.54, 1.807) is 51.7 Å². The van der Waals surface area contributed by atoms with E-state index < -0.39 is 29.2 Å². The molecule has 3 aromatic carbocycles. The van der Waals surface area contributed by atoms with Gasteiger partial charge in [-0.25, -0.2) is 4.39 Å². The number of hydrogen-bond acceptors (Lipinski definition) is 8. The third-order valence-corrected chi connectivity index (χ3v) is 6.73. The lowest BCUT2D eigenvalue weighted by atomic mass is 10.0. The zero-order valence-electron chi connectivity index (χ0n) is 25.7. The largest absolute Gasteiger partial charge is 0.497 e. The van der Waals surface area contributed by atoms with Crippen molar-refractivity contribution < 1.29 is 28.2 Å². The van der Waals surface area contributed by atoms with Gasteiger partial charge in [-0.3, -0.25) is 9.59 Å². The van der Waals surface area contributed by atoms with Crippen molar-refractivity contribution in [2.24, 2.45) is 0 Å². The lowest BCUT2D eigenvalue weighted by molar-refractivity contribution is -0.142. The molecule has 1 N–H and O–H groups in total. The first-order valence-corrected chi connectivity index (χ1v) is 14.0. The summed E-state index contributed by atoms with van der Waals surface area (Å²) in [5.41, 5.74) is 1.42. The predicted molar refractivity (Wildman–Crippen MR) is 162 cm³/mol. The second kappa shape index (κ2) is 14.0. The molecule has 0 bridgehead atoms. The Morgan fingerprint density at radius 1 is 0.932 bits per heavy atom. The summed E-state index contributed by atoms with van der Waals surface area (Å²) < 4.78 is 29.9. The van der Waals surface area contributed by atoms with Gasteiger partial charge in [0.05, 0.1) is 21.3 Å². The SMILES string of the molecule is COc1ccc(-c2nnn(CC(=O)N(CCc3ccc(OC)c(OC)c3)[C@H](C(=O)NC(C)(C)C)c3ccc(F)cc3)n2)cc1. The van der Waals surface area contributed by atoms with E-state index in [-0.39, 0.29) is 13.1 Å². The van der Waals surface area contributed by atoms with E-state index in [0.29, 0.717) is 40.6 Å². The monoisotopic (exact) mass is 604 g/mol. The Labute approximate surface area is 255 Å². The molecule has 0 spiro atoms. The average molecular weight is 605 g/mol. The highest BCUT2D eigenvalue weighted by molar-refractivity contribution is 5.89. The molecular formula is C32H37FN6O5. The number of carbonyl (C=O) groups excluding carboxylic acids is 2. The minimum absolute atomic E-state index is 0.147. The molecule has 1 aromatic heterocycles. The zero-order valence-corrected chi connectivity index (χ0v) is 25.7. The van der Waals surface area contributed by atoms with E-state index in [2.05, 4.69) is 20.7 Å². The van der Waals surface area contributed by atoms with Gasteiger partial charge in [0.1, 0.15) is 24.2 Å². The molecule has 0 aliphatic rings. The summed E-state index contributed by atoms with van der Waals surface area (Å²) in [6.07, 6.45) is 0.383. The van der Waals surface area contributed by atoms with Crippen molar-refractivity contribution in [1.29, 1.82) is 0 Å². The number of hydrogen-bond donors (Lipinski definition) is 1. The molecule has 0 saturated heterocycles. The molecule has 1 atom stereocenters. The summed E-state index contributed by atoms with van der Waals surface area (Å²) in [6.45, 7) is 5.41. The van der Waals surface area contributed by atoms with Gasteiger partial charge in [0.15, 0.2) is 11.5 Å². The number of ether oxygens (including phenoxy) is 3. The van der Waals surface area contributed by atoms with Crippen molar-refractivity contribution >= 4 is 11.8 Å². The Bertz CT molecular complexity index is 1570. The first-order valence-electron chi connectivity index (χ1n) is 14.0. The standard InChI is InChI=1S/C32H37FN6O5/c1-32(2,3)34-31(41)29(22-8-12-24(33)13-9-22)38(18-17-21-7-16-26(43-5)27(19-21)44-6)28(40)20-39-36-30(35-37-39)23-10-14-25(42-4)15-11-23/h7-16,19,29H,17-18,20H2,1-6H3,(H,34,41)/t29-/m0/s1. The second-order valence-electron chi connectivity index (χ2n) is 11.1. The predicted octanol–water partition coefficient (Wildman–Crippen LogP) is 4.23. The Kier molecular flexibility index (Phi) is 10.1. The maximum Gasteiger partial charge on any atom is 0.247 e. The lowest BCUT2D eigenvalue weighted by Crippen LogP contribution is -2.50. The maximum atomic E-state index is 14.0. The molecule has 1 heterocycles. The van der Waals surface area contributed by atoms with Crippen LogP contribution in [0.5, 0.6) is 17.2 Å². The number of carbonyl (C=O) groups is 2. The molecule has 232 valence electrons. The topological polar surface area (TPSA) is 121 Å². The number of aromatic nitrogens is 4. The molecule has 0 saturated carbocycles. The first-order chi connectivity index (χ1) is 21.0. The van der Waals surface area contributed by atoms with Crippen molar-refractivity contribution in [1.82, 2.24) is 30.4 Å². The van der Waals surface area contributed by atoms with Crippen LogP contribution in [0.4, 0.5) is 4.39 Å². The molecule has 0 fully saturated rings. The van der Waals surface area contributed by atoms with Gasteiger partial charge in [-0.05, 0) is 92.1 Å². The number of nitrogens with one attached hydrogen (secondary N) is 1. The van der Waals surface area contributed by atoms with E-state index in [0.717, 1.165) is 5.56 Å². The number of methoxy groups -OCH3 is 3. The highest BCUT2D eigenvalue weighted by atomic mass is 19.1. The molecule has 12 heteroatoms. The normalized spacial score (nSPS) is 11.9. The fraction of sp³-hybridized carbons (Fsp3) is 0.344. The number of benzene rings is 3. The molecule has 4 aromatic rings. The molecule has 0 aliphatic carbocycles. The smallest absolute Gasteiger partial charge is 0.247 e. The van der Waals surface area contributed by atoms with Gasteiger partial charge in [0.2, 0.25) is 17.6 Å². The van der Waals surface area contributed by atoms with Crippen molar-refractivity contribution in [2.45, 2.75) is 45.3 Å². The number of halogens is 1. The van der Waals surface area contributed by atoms with Crippen LogP contribution in [0.3, 0.4) is 0 Å². The quantitative estimate of drug-likeness (QED) is 0.255. The second-order valence-corrected chi connectivity index (χ2v) is 11.1. The number of amides is 2. The fourth-order valence-electron chi connectivity index (χ4n) is 4.62. The Hall–Kier alpha value is -5.00. The third-order valence-electron chi connectivity index (χ3n) is 6.73. The highest BCUT2D eigenvalue weighted by Crippen LogP contribution is 2.29. The Morgan fingerprint density at radius 2 is 1.61 bits per heavy atom. The molecule has 2 amide bonds. The fourth-order valence-corrected chi connectivity index (χ4v) is 4.62. The maximum absolute atomic E-state index is 14.0. The van der Waals surface area contributed by atoms with Crippen LogP contribution in [0.2, 0.25) is 0 Å². The van der Waals surface area contributed by atoms with Gasteiger partial charge in [0.25, 0.3) is 0 Å². The van der Waals surface area contributed by atoms with Crippen molar-refractivity contribution in [3.63, 3.8) is 0 Å². The van der Waals surface area contributed by atoms with Crippen LogP contribution in [0.15, 0.2) is 66.7 Å². The first kappa shape index (κ1) is 31.9. The summed E-state index contributed by atoms with van der Waals surface area (Å²) in [5, 5.41) is 15.6. The summed E-state index contributed by atoms with van der Waals surface area (Å²) in [6, 6.07) is 17.1. The van der Waals surface area contributed by atoms with E-state index in [1.165, 1.54) is 34.0 Å². The van der Waals surface area contributed by atoms with Crippen LogP contribution in [-0.4, -0.2) is 70.3 Å². The van der Waals surface area contributed by atoms with E-state index in [4.69, 9.17) is 14.2 Å². The Balaban J connectivity index is 1.67. The van der Waals surface area contributed by atoms with E-state index in [9.17, 15) is 14.0 Å². The Morgan fingerprint density at radius 3 is 2.23 bits per heavy atom. The average Bonchev–Trinajstić information content (AvgIpc) is 3.47. The summed E-state index contributed by atoms with van der Waals surface area (Å²) in [7, 11) is 4.68. The molecule has 4 rings (SSSR count). The van der Waals surface area contributed by atoms with Gasteiger partial charge in [0, 0.05) is 17.6 Å². The van der Waals surface area contributed by atoms with Gasteiger partial charge in [-0.2, -0.15) is 4.80 Å². The van der Waals surface area contributed by atoms with Crippen molar-refractivity contribution in [3.05, 3.63) is 83.7 Å². The van der Waals surface area contributed by atoms with Crippen LogP contribution < -0.4 is 19.5 Å². The van der Waals surface area contributed by atoms with E-state index >= 15 is 0 Å². The molecule has 0 aliphatic heterocycles. The van der Waals surface area contributed by atoms with Crippen molar-refractivity contribution in [2.75, 3.05) is 27.9 Å². The third kappa shape index (κ3) is 8.09. The molecule has 44 heavy (non-hydrogen) atoms. The summed E-state index contributed by atoms with van der Waals surface area (Å²) in [4.78, 5) is 30.5.